The molecule has 1 unspecified atom stereocenters. The molecule has 0 saturated carbocycles. The molecule has 0 amide bonds. The van der Waals surface area contributed by atoms with Gasteiger partial charge in [0.15, 0.2) is 0 Å². The summed E-state index contributed by atoms with van der Waals surface area (Å²) in [6, 6.07) is 20.0. The third-order valence-corrected chi connectivity index (χ3v) is 5.39. The van der Waals surface area contributed by atoms with E-state index in [-0.39, 0.29) is 6.61 Å². The van der Waals surface area contributed by atoms with E-state index in [9.17, 15) is 5.11 Å². The lowest BCUT2D eigenvalue weighted by Crippen LogP contribution is -2.20. The Hall–Kier alpha value is -2.90. The van der Waals surface area contributed by atoms with Gasteiger partial charge in [-0.2, -0.15) is 4.98 Å². The topological polar surface area (TPSA) is 72.5 Å². The van der Waals surface area contributed by atoms with Gasteiger partial charge in [0.25, 0.3) is 5.78 Å². The molecule has 0 bridgehead atoms. The number of rotatable bonds is 7. The Morgan fingerprint density at radius 3 is 2.48 bits per heavy atom. The predicted octanol–water partition coefficient (Wildman–Crippen LogP) is 3.94. The minimum absolute atomic E-state index is 0.210. The van der Waals surface area contributed by atoms with Gasteiger partial charge in [-0.3, -0.25) is 0 Å². The van der Waals surface area contributed by atoms with E-state index in [0.29, 0.717) is 16.7 Å². The summed E-state index contributed by atoms with van der Waals surface area (Å²) >= 11 is 1.39. The number of ether oxygens (including phenoxy) is 1. The Kier molecular flexibility index (Phi) is 5.78. The number of thioether (sulfide) groups is 1. The highest BCUT2D eigenvalue weighted by Crippen LogP contribution is 2.22. The number of aliphatic hydroxyl groups is 1. The van der Waals surface area contributed by atoms with Gasteiger partial charge in [0, 0.05) is 17.1 Å². The molecular formula is C22H22N4O2S. The van der Waals surface area contributed by atoms with Crippen LogP contribution in [0.15, 0.2) is 65.8 Å². The van der Waals surface area contributed by atoms with Gasteiger partial charge in [-0.25, -0.2) is 9.50 Å². The maximum Gasteiger partial charge on any atom is 0.253 e. The lowest BCUT2D eigenvalue weighted by molar-refractivity contribution is 0.126. The van der Waals surface area contributed by atoms with E-state index < -0.39 is 6.10 Å². The van der Waals surface area contributed by atoms with E-state index >= 15 is 0 Å². The Labute approximate surface area is 173 Å². The van der Waals surface area contributed by atoms with Crippen molar-refractivity contribution in [1.29, 1.82) is 0 Å². The first-order valence-corrected chi connectivity index (χ1v) is 10.4. The van der Waals surface area contributed by atoms with Crippen molar-refractivity contribution in [3.05, 3.63) is 72.1 Å². The van der Waals surface area contributed by atoms with Crippen molar-refractivity contribution in [1.82, 2.24) is 19.6 Å². The molecular weight excluding hydrogens is 384 g/mol. The molecule has 0 aliphatic heterocycles. The van der Waals surface area contributed by atoms with Crippen LogP contribution in [0.5, 0.6) is 5.75 Å². The third-order valence-electron chi connectivity index (χ3n) is 4.41. The maximum absolute atomic E-state index is 10.3. The van der Waals surface area contributed by atoms with E-state index in [0.717, 1.165) is 28.3 Å². The zero-order chi connectivity index (χ0) is 20.2. The van der Waals surface area contributed by atoms with Gasteiger partial charge >= 0.3 is 0 Å². The standard InChI is InChI=1S/C22H22N4O2S/c1-15-12-16(2)26-21(23-15)24-22(25-26)29-14-19(27)13-28-20-10-8-18(9-11-20)17-6-4-3-5-7-17/h3-12,19,27H,13-14H2,1-2H3. The van der Waals surface area contributed by atoms with Crippen molar-refractivity contribution >= 4 is 17.5 Å². The lowest BCUT2D eigenvalue weighted by Gasteiger charge is -2.11. The third kappa shape index (κ3) is 4.75. The van der Waals surface area contributed by atoms with Crippen LogP contribution in [0.4, 0.5) is 0 Å². The smallest absolute Gasteiger partial charge is 0.253 e. The van der Waals surface area contributed by atoms with E-state index in [1.54, 1.807) is 4.52 Å². The second-order valence-corrected chi connectivity index (χ2v) is 7.80. The van der Waals surface area contributed by atoms with Gasteiger partial charge in [-0.05, 0) is 43.2 Å². The van der Waals surface area contributed by atoms with E-state index in [1.165, 1.54) is 11.8 Å². The normalized spacial score (nSPS) is 12.2. The number of aromatic nitrogens is 4. The SMILES string of the molecule is Cc1cc(C)n2nc(SCC(O)COc3ccc(-c4ccccc4)cc3)nc2n1. The molecule has 4 rings (SSSR count). The average molecular weight is 407 g/mol. The quantitative estimate of drug-likeness (QED) is 0.469. The van der Waals surface area contributed by atoms with Crippen LogP contribution in [0.1, 0.15) is 11.4 Å². The van der Waals surface area contributed by atoms with Crippen molar-refractivity contribution < 1.29 is 9.84 Å². The first-order valence-electron chi connectivity index (χ1n) is 9.38. The molecule has 29 heavy (non-hydrogen) atoms. The van der Waals surface area contributed by atoms with Gasteiger partial charge in [0.1, 0.15) is 12.4 Å². The molecule has 7 heteroatoms. The van der Waals surface area contributed by atoms with Crippen LogP contribution >= 0.6 is 11.8 Å². The molecule has 1 N–H and O–H groups in total. The fraction of sp³-hybridized carbons (Fsp3) is 0.227. The average Bonchev–Trinajstić information content (AvgIpc) is 3.15. The molecule has 4 aromatic rings. The van der Waals surface area contributed by atoms with Gasteiger partial charge in [0.05, 0.1) is 6.10 Å². The van der Waals surface area contributed by atoms with Crippen molar-refractivity contribution in [2.45, 2.75) is 25.1 Å². The second-order valence-electron chi connectivity index (χ2n) is 6.81. The monoisotopic (exact) mass is 406 g/mol. The van der Waals surface area contributed by atoms with Crippen molar-refractivity contribution in [3.63, 3.8) is 0 Å². The molecule has 0 saturated heterocycles. The van der Waals surface area contributed by atoms with Crippen LogP contribution in [-0.2, 0) is 0 Å². The number of nitrogens with zero attached hydrogens (tertiary/aromatic N) is 4. The second kappa shape index (κ2) is 8.63. The minimum Gasteiger partial charge on any atom is -0.491 e. The van der Waals surface area contributed by atoms with Crippen LogP contribution in [0.2, 0.25) is 0 Å². The van der Waals surface area contributed by atoms with Crippen LogP contribution < -0.4 is 4.74 Å². The molecule has 2 aromatic heterocycles. The molecule has 2 aromatic carbocycles. The Morgan fingerprint density at radius 1 is 1.00 bits per heavy atom. The van der Waals surface area contributed by atoms with Crippen molar-refractivity contribution in [3.8, 4) is 16.9 Å². The minimum atomic E-state index is -0.629. The summed E-state index contributed by atoms with van der Waals surface area (Å²) in [6.45, 7) is 4.11. The van der Waals surface area contributed by atoms with Crippen LogP contribution in [0, 0.1) is 13.8 Å². The molecule has 1 atom stereocenters. The highest BCUT2D eigenvalue weighted by atomic mass is 32.2. The number of fused-ring (bicyclic) bond motifs is 1. The summed E-state index contributed by atoms with van der Waals surface area (Å²) in [4.78, 5) is 8.79. The summed E-state index contributed by atoms with van der Waals surface area (Å²) in [5.41, 5.74) is 4.18. The van der Waals surface area contributed by atoms with Crippen LogP contribution in [-0.4, -0.2) is 43.2 Å². The van der Waals surface area contributed by atoms with Crippen molar-refractivity contribution in [2.75, 3.05) is 12.4 Å². The van der Waals surface area contributed by atoms with Gasteiger partial charge in [-0.15, -0.1) is 5.10 Å². The number of aliphatic hydroxyl groups excluding tert-OH is 1. The zero-order valence-corrected chi connectivity index (χ0v) is 17.1. The Bertz CT molecular complexity index is 1100. The van der Waals surface area contributed by atoms with Crippen LogP contribution in [0.25, 0.3) is 16.9 Å². The number of hydrogen-bond donors (Lipinski definition) is 1. The van der Waals surface area contributed by atoms with Crippen LogP contribution in [0.3, 0.4) is 0 Å². The number of aryl methyl sites for hydroxylation is 2. The molecule has 0 aliphatic carbocycles. The summed E-state index contributed by atoms with van der Waals surface area (Å²) in [5, 5.41) is 15.3. The summed E-state index contributed by atoms with van der Waals surface area (Å²) in [7, 11) is 0. The first-order chi connectivity index (χ1) is 14.1. The van der Waals surface area contributed by atoms with E-state index in [2.05, 4.69) is 27.2 Å². The molecule has 6 nitrogen and oxygen atoms in total. The van der Waals surface area contributed by atoms with Gasteiger partial charge < -0.3 is 9.84 Å². The Morgan fingerprint density at radius 2 is 1.72 bits per heavy atom. The summed E-state index contributed by atoms with van der Waals surface area (Å²) in [6.07, 6.45) is -0.629. The van der Waals surface area contributed by atoms with E-state index in [4.69, 9.17) is 4.74 Å². The predicted molar refractivity (Wildman–Crippen MR) is 114 cm³/mol. The molecule has 0 spiro atoms. The lowest BCUT2D eigenvalue weighted by atomic mass is 10.1. The largest absolute Gasteiger partial charge is 0.491 e. The molecule has 2 heterocycles. The van der Waals surface area contributed by atoms with E-state index in [1.807, 2.05) is 62.4 Å². The Balaban J connectivity index is 1.30. The van der Waals surface area contributed by atoms with Crippen molar-refractivity contribution in [2.24, 2.45) is 0 Å². The fourth-order valence-electron chi connectivity index (χ4n) is 2.99. The zero-order valence-electron chi connectivity index (χ0n) is 16.3. The molecule has 0 aliphatic rings. The maximum atomic E-state index is 10.3. The fourth-order valence-corrected chi connectivity index (χ4v) is 3.72. The number of benzene rings is 2. The van der Waals surface area contributed by atoms with Gasteiger partial charge in [0.2, 0.25) is 5.16 Å². The summed E-state index contributed by atoms with van der Waals surface area (Å²) < 4.78 is 7.43. The molecule has 148 valence electrons. The van der Waals surface area contributed by atoms with Gasteiger partial charge in [-0.1, -0.05) is 54.2 Å². The molecule has 0 radical (unpaired) electrons. The number of hydrogen-bond acceptors (Lipinski definition) is 6. The highest BCUT2D eigenvalue weighted by molar-refractivity contribution is 7.99. The summed E-state index contributed by atoms with van der Waals surface area (Å²) in [5.74, 6) is 1.75. The first kappa shape index (κ1) is 19.4. The highest BCUT2D eigenvalue weighted by Gasteiger charge is 2.12. The molecule has 0 fully saturated rings.